The third-order valence-corrected chi connectivity index (χ3v) is 2.48. The molecular formula is C7H14N4O2S. The lowest BCUT2D eigenvalue weighted by Gasteiger charge is -2.08. The Kier molecular flexibility index (Phi) is 3.48. The molecule has 3 N–H and O–H groups in total. The minimum absolute atomic E-state index is 0.274. The van der Waals surface area contributed by atoms with Crippen LogP contribution in [0.5, 0.6) is 0 Å². The number of hydrogen-bond acceptors (Lipinski definition) is 3. The van der Waals surface area contributed by atoms with Gasteiger partial charge in [-0.15, -0.1) is 0 Å². The second-order valence-electron chi connectivity index (χ2n) is 3.33. The summed E-state index contributed by atoms with van der Waals surface area (Å²) in [6.07, 6.45) is 2.86. The summed E-state index contributed by atoms with van der Waals surface area (Å²) in [5.74, 6) is 0.274. The van der Waals surface area contributed by atoms with Gasteiger partial charge in [0.1, 0.15) is 0 Å². The molecule has 0 aliphatic carbocycles. The Balaban J connectivity index is 2.51. The molecule has 1 aromatic heterocycles. The Morgan fingerprint density at radius 2 is 2.29 bits per heavy atom. The molecule has 7 heteroatoms. The first-order chi connectivity index (χ1) is 6.49. The van der Waals surface area contributed by atoms with Crippen molar-refractivity contribution in [2.75, 3.05) is 11.3 Å². The van der Waals surface area contributed by atoms with Crippen LogP contribution in [0.4, 0.5) is 5.69 Å². The molecule has 0 atom stereocenters. The molecule has 1 heterocycles. The van der Waals surface area contributed by atoms with Gasteiger partial charge in [-0.25, -0.2) is 0 Å². The summed E-state index contributed by atoms with van der Waals surface area (Å²) in [6, 6.07) is 0. The largest absolute Gasteiger partial charge is 0.299 e. The molecule has 0 aliphatic rings. The Hall–Kier alpha value is -1.08. The van der Waals surface area contributed by atoms with E-state index in [1.165, 1.54) is 12.4 Å². The van der Waals surface area contributed by atoms with E-state index in [1.807, 2.05) is 13.8 Å². The third-order valence-electron chi connectivity index (χ3n) is 1.43. The number of aromatic nitrogens is 2. The van der Waals surface area contributed by atoms with Gasteiger partial charge < -0.3 is 0 Å². The fraction of sp³-hybridized carbons (Fsp3) is 0.571. The number of hydrogen-bond donors (Lipinski definition) is 3. The van der Waals surface area contributed by atoms with Gasteiger partial charge in [0, 0.05) is 12.7 Å². The van der Waals surface area contributed by atoms with E-state index in [0.717, 1.165) is 0 Å². The van der Waals surface area contributed by atoms with E-state index >= 15 is 0 Å². The molecular weight excluding hydrogens is 204 g/mol. The number of aromatic amines is 1. The molecule has 6 nitrogen and oxygen atoms in total. The highest BCUT2D eigenvalue weighted by Crippen LogP contribution is 2.03. The Morgan fingerprint density at radius 1 is 1.57 bits per heavy atom. The maximum absolute atomic E-state index is 11.3. The quantitative estimate of drug-likeness (QED) is 0.664. The summed E-state index contributed by atoms with van der Waals surface area (Å²) in [4.78, 5) is 0. The summed E-state index contributed by atoms with van der Waals surface area (Å²) in [5, 5.41) is 6.13. The molecule has 0 aliphatic heterocycles. The summed E-state index contributed by atoms with van der Waals surface area (Å²) in [5.41, 5.74) is 0.418. The SMILES string of the molecule is CC(C)CNS(=O)(=O)Nc1cn[nH]c1. The van der Waals surface area contributed by atoms with Crippen LogP contribution in [0.15, 0.2) is 12.4 Å². The van der Waals surface area contributed by atoms with Gasteiger partial charge in [-0.3, -0.25) is 9.82 Å². The van der Waals surface area contributed by atoms with Crippen molar-refractivity contribution in [1.29, 1.82) is 0 Å². The normalized spacial score (nSPS) is 11.9. The lowest BCUT2D eigenvalue weighted by molar-refractivity contribution is 0.565. The second-order valence-corrected chi connectivity index (χ2v) is 4.83. The number of nitrogens with one attached hydrogen (secondary N) is 3. The van der Waals surface area contributed by atoms with Crippen LogP contribution in [-0.4, -0.2) is 25.2 Å². The number of rotatable bonds is 5. The Morgan fingerprint density at radius 3 is 2.79 bits per heavy atom. The van der Waals surface area contributed by atoms with Crippen molar-refractivity contribution in [2.24, 2.45) is 5.92 Å². The molecule has 0 spiro atoms. The van der Waals surface area contributed by atoms with Crippen molar-refractivity contribution in [3.63, 3.8) is 0 Å². The van der Waals surface area contributed by atoms with Gasteiger partial charge in [0.05, 0.1) is 11.9 Å². The number of H-pyrrole nitrogens is 1. The highest BCUT2D eigenvalue weighted by atomic mass is 32.2. The topological polar surface area (TPSA) is 86.9 Å². The first kappa shape index (κ1) is 11.0. The summed E-state index contributed by atoms with van der Waals surface area (Å²) < 4.78 is 27.4. The van der Waals surface area contributed by atoms with Gasteiger partial charge in [-0.2, -0.15) is 18.2 Å². The van der Waals surface area contributed by atoms with Crippen molar-refractivity contribution in [3.05, 3.63) is 12.4 Å². The van der Waals surface area contributed by atoms with Crippen molar-refractivity contribution >= 4 is 15.9 Å². The monoisotopic (exact) mass is 218 g/mol. The second kappa shape index (κ2) is 4.43. The van der Waals surface area contributed by atoms with Crippen molar-refractivity contribution in [3.8, 4) is 0 Å². The molecule has 0 saturated carbocycles. The molecule has 0 amide bonds. The Bertz CT molecular complexity index is 357. The zero-order valence-corrected chi connectivity index (χ0v) is 8.93. The van der Waals surface area contributed by atoms with Crippen molar-refractivity contribution < 1.29 is 8.42 Å². The van der Waals surface area contributed by atoms with Crippen LogP contribution < -0.4 is 9.44 Å². The number of anilines is 1. The van der Waals surface area contributed by atoms with Crippen LogP contribution in [0.3, 0.4) is 0 Å². The summed E-state index contributed by atoms with van der Waals surface area (Å²) >= 11 is 0. The Labute approximate surface area is 83.3 Å². The minimum atomic E-state index is -3.46. The zero-order chi connectivity index (χ0) is 10.6. The predicted molar refractivity (Wildman–Crippen MR) is 54.0 cm³/mol. The molecule has 0 bridgehead atoms. The highest BCUT2D eigenvalue weighted by molar-refractivity contribution is 7.90. The number of nitrogens with zero attached hydrogens (tertiary/aromatic N) is 1. The maximum atomic E-state index is 11.3. The first-order valence-corrected chi connectivity index (χ1v) is 5.74. The van der Waals surface area contributed by atoms with E-state index in [9.17, 15) is 8.42 Å². The van der Waals surface area contributed by atoms with Crippen LogP contribution in [-0.2, 0) is 10.2 Å². The molecule has 80 valence electrons. The molecule has 1 rings (SSSR count). The summed E-state index contributed by atoms with van der Waals surface area (Å²) in [6.45, 7) is 4.27. The molecule has 0 radical (unpaired) electrons. The first-order valence-electron chi connectivity index (χ1n) is 4.26. The van der Waals surface area contributed by atoms with Gasteiger partial charge in [0.25, 0.3) is 10.2 Å². The molecule has 0 aromatic carbocycles. The molecule has 1 aromatic rings. The fourth-order valence-electron chi connectivity index (χ4n) is 0.774. The minimum Gasteiger partial charge on any atom is -0.284 e. The summed E-state index contributed by atoms with van der Waals surface area (Å²) in [7, 11) is -3.46. The molecule has 0 unspecified atom stereocenters. The van der Waals surface area contributed by atoms with E-state index in [0.29, 0.717) is 12.2 Å². The van der Waals surface area contributed by atoms with Gasteiger partial charge in [0.15, 0.2) is 0 Å². The fourth-order valence-corrected chi connectivity index (χ4v) is 1.82. The smallest absolute Gasteiger partial charge is 0.284 e. The van der Waals surface area contributed by atoms with Crippen molar-refractivity contribution in [2.45, 2.75) is 13.8 Å². The van der Waals surface area contributed by atoms with E-state index in [4.69, 9.17) is 0 Å². The molecule has 0 saturated heterocycles. The molecule has 14 heavy (non-hydrogen) atoms. The van der Waals surface area contributed by atoms with Crippen LogP contribution in [0.1, 0.15) is 13.8 Å². The zero-order valence-electron chi connectivity index (χ0n) is 8.11. The van der Waals surface area contributed by atoms with Gasteiger partial charge in [-0.1, -0.05) is 13.8 Å². The van der Waals surface area contributed by atoms with Crippen LogP contribution >= 0.6 is 0 Å². The lowest BCUT2D eigenvalue weighted by Crippen LogP contribution is -2.32. The van der Waals surface area contributed by atoms with E-state index in [1.54, 1.807) is 0 Å². The lowest BCUT2D eigenvalue weighted by atomic mass is 10.2. The van der Waals surface area contributed by atoms with Gasteiger partial charge >= 0.3 is 0 Å². The van der Waals surface area contributed by atoms with E-state index in [2.05, 4.69) is 19.6 Å². The van der Waals surface area contributed by atoms with Gasteiger partial charge in [0.2, 0.25) is 0 Å². The average molecular weight is 218 g/mol. The molecule has 0 fully saturated rings. The third kappa shape index (κ3) is 3.75. The van der Waals surface area contributed by atoms with Crippen molar-refractivity contribution in [1.82, 2.24) is 14.9 Å². The maximum Gasteiger partial charge on any atom is 0.299 e. The average Bonchev–Trinajstić information content (AvgIpc) is 2.53. The highest BCUT2D eigenvalue weighted by Gasteiger charge is 2.09. The predicted octanol–water partition coefficient (Wildman–Crippen LogP) is 0.312. The van der Waals surface area contributed by atoms with Gasteiger partial charge in [-0.05, 0) is 5.92 Å². The van der Waals surface area contributed by atoms with Crippen LogP contribution in [0.2, 0.25) is 0 Å². The van der Waals surface area contributed by atoms with E-state index < -0.39 is 10.2 Å². The standard InChI is InChI=1S/C7H14N4O2S/c1-6(2)3-10-14(12,13)11-7-4-8-9-5-7/h4-6,10-11H,3H2,1-2H3,(H,8,9). The van der Waals surface area contributed by atoms with E-state index in [-0.39, 0.29) is 5.92 Å². The van der Waals surface area contributed by atoms with Crippen LogP contribution in [0, 0.1) is 5.92 Å². The van der Waals surface area contributed by atoms with Crippen LogP contribution in [0.25, 0.3) is 0 Å².